The number of nitrogens with one attached hydrogen (secondary N) is 1. The lowest BCUT2D eigenvalue weighted by Gasteiger charge is -2.17. The Labute approximate surface area is 215 Å². The molecule has 1 N–H and O–H groups in total. The van der Waals surface area contributed by atoms with Crippen molar-refractivity contribution < 1.29 is 31.8 Å². The maximum atomic E-state index is 12.9. The minimum Gasteiger partial charge on any atom is -0.618 e. The molecule has 2 heterocycles. The van der Waals surface area contributed by atoms with Crippen molar-refractivity contribution >= 4 is 33.6 Å². The number of pyridine rings is 1. The minimum absolute atomic E-state index is 0.0331. The number of Topliss-reactive ketones (excluding diaryl/α,β-unsaturated/α-hetero) is 1. The summed E-state index contributed by atoms with van der Waals surface area (Å²) >= 11 is 1.08. The van der Waals surface area contributed by atoms with Crippen molar-refractivity contribution in [3.8, 4) is 0 Å². The van der Waals surface area contributed by atoms with Crippen LogP contribution >= 0.6 is 11.8 Å². The molecule has 1 aliphatic rings. The molecule has 0 unspecified atom stereocenters. The zero-order chi connectivity index (χ0) is 26.3. The van der Waals surface area contributed by atoms with Gasteiger partial charge in [-0.05, 0) is 53.9 Å². The highest BCUT2D eigenvalue weighted by atomic mass is 32.2. The van der Waals surface area contributed by atoms with E-state index in [4.69, 9.17) is 4.42 Å². The quantitative estimate of drug-likeness (QED) is 0.198. The fourth-order valence-electron chi connectivity index (χ4n) is 3.81. The van der Waals surface area contributed by atoms with Crippen LogP contribution in [0.4, 0.5) is 4.79 Å². The molecule has 2 aromatic rings. The smallest absolute Gasteiger partial charge is 0.520 e. The number of carbonyl (C=O) groups excluding carboxylic acids is 2. The molecule has 1 aliphatic carbocycles. The highest BCUT2D eigenvalue weighted by Crippen LogP contribution is 2.20. The van der Waals surface area contributed by atoms with Crippen molar-refractivity contribution in [3.05, 3.63) is 35.5 Å². The summed E-state index contributed by atoms with van der Waals surface area (Å²) < 4.78 is 33.4. The molecule has 36 heavy (non-hydrogen) atoms. The van der Waals surface area contributed by atoms with Gasteiger partial charge in [0.2, 0.25) is 5.78 Å². The van der Waals surface area contributed by atoms with E-state index in [9.17, 15) is 23.2 Å². The van der Waals surface area contributed by atoms with E-state index in [-0.39, 0.29) is 46.7 Å². The van der Waals surface area contributed by atoms with Gasteiger partial charge in [0.05, 0.1) is 6.04 Å². The van der Waals surface area contributed by atoms with Gasteiger partial charge in [-0.1, -0.05) is 32.0 Å². The summed E-state index contributed by atoms with van der Waals surface area (Å²) in [7, 11) is -2.62. The lowest BCUT2D eigenvalue weighted by molar-refractivity contribution is -0.646. The van der Waals surface area contributed by atoms with E-state index in [1.165, 1.54) is 25.2 Å². The van der Waals surface area contributed by atoms with Gasteiger partial charge >= 0.3 is 27.0 Å². The maximum Gasteiger partial charge on any atom is 0.520 e. The first-order valence-electron chi connectivity index (χ1n) is 12.1. The molecule has 0 saturated heterocycles. The third kappa shape index (κ3) is 7.26. The second-order valence-corrected chi connectivity index (χ2v) is 12.3. The molecule has 3 rings (SSSR count). The summed E-state index contributed by atoms with van der Waals surface area (Å²) in [6.07, 6.45) is 6.99. The summed E-state index contributed by atoms with van der Waals surface area (Å²) in [6, 6.07) is 3.69. The normalized spacial score (nSPS) is 14.9. The maximum absolute atomic E-state index is 12.9. The lowest BCUT2D eigenvalue weighted by atomic mass is 9.96. The molecule has 2 aromatic heterocycles. The summed E-state index contributed by atoms with van der Waals surface area (Å²) in [4.78, 5) is 25.8. The number of ketones is 1. The largest absolute Gasteiger partial charge is 0.618 e. The van der Waals surface area contributed by atoms with Crippen molar-refractivity contribution in [1.29, 1.82) is 0 Å². The Balaban J connectivity index is 1.70. The predicted molar refractivity (Wildman–Crippen MR) is 132 cm³/mol. The first-order valence-corrected chi connectivity index (χ1v) is 14.6. The van der Waals surface area contributed by atoms with Gasteiger partial charge in [-0.25, -0.2) is 13.7 Å². The number of sulfonamides is 1. The highest BCUT2D eigenvalue weighted by molar-refractivity contribution is 7.99. The number of carbonyl (C=O) groups is 2. The van der Waals surface area contributed by atoms with E-state index < -0.39 is 16.1 Å². The van der Waals surface area contributed by atoms with E-state index in [1.54, 1.807) is 0 Å². The van der Waals surface area contributed by atoms with E-state index in [0.717, 1.165) is 59.0 Å². The van der Waals surface area contributed by atoms with Gasteiger partial charge in [0.25, 0.3) is 5.22 Å². The number of nitrogens with zero attached hydrogens (tertiary/aromatic N) is 4. The Morgan fingerprint density at radius 1 is 1.28 bits per heavy atom. The molecule has 0 atom stereocenters. The first-order chi connectivity index (χ1) is 17.1. The van der Waals surface area contributed by atoms with Crippen LogP contribution in [0.2, 0.25) is 0 Å². The van der Waals surface area contributed by atoms with Gasteiger partial charge in [0.1, 0.15) is 0 Å². The van der Waals surface area contributed by atoms with E-state index in [1.807, 2.05) is 13.8 Å². The van der Waals surface area contributed by atoms with Crippen molar-refractivity contribution in [1.82, 2.24) is 14.7 Å². The van der Waals surface area contributed by atoms with Crippen LogP contribution in [0.25, 0.3) is 0 Å². The Hall–Kier alpha value is -2.51. The van der Waals surface area contributed by atoms with Gasteiger partial charge in [-0.3, -0.25) is 4.79 Å². The van der Waals surface area contributed by atoms with Crippen LogP contribution in [-0.2, 0) is 10.0 Å². The molecule has 0 bridgehead atoms. The number of thioether (sulfide) groups is 1. The SMILES string of the molecule is CC(C)CCC(=O)c1oc(SCCN(C)S(=O)(=O)c2cccc[n+]2[O-])n[n+]1C(=O)NC1CCCCC1. The van der Waals surface area contributed by atoms with Crippen molar-refractivity contribution in [2.45, 2.75) is 75.1 Å². The number of hydrogen-bond acceptors (Lipinski definition) is 8. The molecule has 0 aromatic carbocycles. The molecule has 1 amide bonds. The summed E-state index contributed by atoms with van der Waals surface area (Å²) in [5.74, 6) is 0.0890. The van der Waals surface area contributed by atoms with E-state index in [2.05, 4.69) is 10.4 Å². The van der Waals surface area contributed by atoms with Gasteiger partial charge in [-0.15, -0.1) is 0 Å². The molecule has 13 heteroatoms. The Bertz CT molecular complexity index is 1160. The predicted octanol–water partition coefficient (Wildman–Crippen LogP) is 2.52. The number of amides is 1. The van der Waals surface area contributed by atoms with Crippen LogP contribution in [0.1, 0.15) is 69.5 Å². The Morgan fingerprint density at radius 2 is 2.00 bits per heavy atom. The van der Waals surface area contributed by atoms with Crippen LogP contribution in [0.3, 0.4) is 0 Å². The molecule has 11 nitrogen and oxygen atoms in total. The molecular weight excluding hydrogens is 506 g/mol. The van der Waals surface area contributed by atoms with Gasteiger partial charge in [0, 0.05) is 37.9 Å². The topological polar surface area (TPSA) is 140 Å². The monoisotopic (exact) mass is 540 g/mol. The standard InChI is InChI=1S/C23H33N5O6S2/c1-17(2)12-13-19(29)21-28(22(30)24-18-9-5-4-6-10-18)25-23(34-21)35-16-15-26(3)36(32,33)20-11-7-8-14-27(20)31/h7-8,11,14,17-18H,4-6,9-10,12-13,15-16H2,1-3H3/p+1. The molecule has 198 valence electrons. The Morgan fingerprint density at radius 3 is 2.67 bits per heavy atom. The number of aromatic nitrogens is 3. The lowest BCUT2D eigenvalue weighted by Crippen LogP contribution is -2.57. The number of rotatable bonds is 11. The fourth-order valence-corrected chi connectivity index (χ4v) is 5.93. The third-order valence-electron chi connectivity index (χ3n) is 5.97. The average molecular weight is 541 g/mol. The van der Waals surface area contributed by atoms with E-state index >= 15 is 0 Å². The zero-order valence-corrected chi connectivity index (χ0v) is 22.5. The van der Waals surface area contributed by atoms with Gasteiger partial charge < -0.3 is 9.62 Å². The van der Waals surface area contributed by atoms with Crippen LogP contribution < -0.4 is 14.7 Å². The molecule has 1 fully saturated rings. The Kier molecular flexibility index (Phi) is 9.85. The minimum atomic E-state index is -3.99. The van der Waals surface area contributed by atoms with E-state index in [0.29, 0.717) is 17.1 Å². The second-order valence-electron chi connectivity index (χ2n) is 9.26. The average Bonchev–Trinajstić information content (AvgIpc) is 3.27. The second kappa shape index (κ2) is 12.6. The molecule has 0 spiro atoms. The van der Waals surface area contributed by atoms with Crippen molar-refractivity contribution in [3.63, 3.8) is 0 Å². The fraction of sp³-hybridized carbons (Fsp3) is 0.609. The number of hydrogen-bond donors (Lipinski definition) is 1. The van der Waals surface area contributed by atoms with Crippen molar-refractivity contribution in [2.75, 3.05) is 19.3 Å². The highest BCUT2D eigenvalue weighted by Gasteiger charge is 2.34. The molecular formula is C23H34N5O6S2+. The molecule has 0 radical (unpaired) electrons. The first kappa shape index (κ1) is 28.1. The van der Waals surface area contributed by atoms with Crippen LogP contribution in [0.5, 0.6) is 0 Å². The van der Waals surface area contributed by atoms with Crippen LogP contribution in [0, 0.1) is 11.1 Å². The van der Waals surface area contributed by atoms with Crippen molar-refractivity contribution in [2.24, 2.45) is 5.92 Å². The van der Waals surface area contributed by atoms with Gasteiger partial charge in [0.15, 0.2) is 6.20 Å². The molecule has 0 aliphatic heterocycles. The van der Waals surface area contributed by atoms with Crippen LogP contribution in [0.15, 0.2) is 39.1 Å². The van der Waals surface area contributed by atoms with Crippen LogP contribution in [-0.4, -0.2) is 55.0 Å². The summed E-state index contributed by atoms with van der Waals surface area (Å²) in [5, 5.41) is 18.8. The summed E-state index contributed by atoms with van der Waals surface area (Å²) in [5.41, 5.74) is 0. The van der Waals surface area contributed by atoms with Gasteiger partial charge in [-0.2, -0.15) is 13.8 Å². The molecule has 1 saturated carbocycles. The third-order valence-corrected chi connectivity index (χ3v) is 8.61. The zero-order valence-electron chi connectivity index (χ0n) is 20.9. The summed E-state index contributed by atoms with van der Waals surface area (Å²) in [6.45, 7) is 4.06.